The minimum Gasteiger partial charge on any atom is -0.490 e. The first-order valence-corrected chi connectivity index (χ1v) is 11.2. The molecule has 3 rings (SSSR count). The second-order valence-electron chi connectivity index (χ2n) is 7.56. The Morgan fingerprint density at radius 1 is 0.861 bits per heavy atom. The van der Waals surface area contributed by atoms with Crippen LogP contribution in [0, 0.1) is 11.6 Å². The van der Waals surface area contributed by atoms with E-state index in [0.717, 1.165) is 12.1 Å². The molecule has 9 heteroatoms. The Morgan fingerprint density at radius 2 is 1.53 bits per heavy atom. The summed E-state index contributed by atoms with van der Waals surface area (Å²) in [6.45, 7) is 5.70. The van der Waals surface area contributed by atoms with Gasteiger partial charge in [0.2, 0.25) is 0 Å². The van der Waals surface area contributed by atoms with Gasteiger partial charge in [-0.05, 0) is 57.2 Å². The van der Waals surface area contributed by atoms with Gasteiger partial charge in [0.25, 0.3) is 5.91 Å². The SMILES string of the molecule is CCOc1ccc(C(=O)c2ccccc2C(=O)OC(C)C(=O)Nc2ccc(F)cc2F)cc1OCC. The zero-order valence-corrected chi connectivity index (χ0v) is 20.0. The van der Waals surface area contributed by atoms with Gasteiger partial charge in [0.15, 0.2) is 23.4 Å². The highest BCUT2D eigenvalue weighted by Gasteiger charge is 2.24. The number of carbonyl (C=O) groups is 3. The first-order valence-electron chi connectivity index (χ1n) is 11.2. The number of anilines is 1. The lowest BCUT2D eigenvalue weighted by Crippen LogP contribution is -2.30. The summed E-state index contributed by atoms with van der Waals surface area (Å²) in [6.07, 6.45) is -1.33. The molecule has 1 amide bonds. The van der Waals surface area contributed by atoms with Gasteiger partial charge in [-0.15, -0.1) is 0 Å². The van der Waals surface area contributed by atoms with Crippen LogP contribution in [0.25, 0.3) is 0 Å². The molecule has 0 aliphatic rings. The topological polar surface area (TPSA) is 90.9 Å². The van der Waals surface area contributed by atoms with Crippen LogP contribution >= 0.6 is 0 Å². The number of hydrogen-bond acceptors (Lipinski definition) is 6. The van der Waals surface area contributed by atoms with Crippen LogP contribution in [-0.4, -0.2) is 37.0 Å². The summed E-state index contributed by atoms with van der Waals surface area (Å²) >= 11 is 0. The van der Waals surface area contributed by atoms with E-state index in [1.807, 2.05) is 6.92 Å². The van der Waals surface area contributed by atoms with Crippen molar-refractivity contribution in [2.24, 2.45) is 0 Å². The van der Waals surface area contributed by atoms with Crippen LogP contribution in [0.5, 0.6) is 11.5 Å². The summed E-state index contributed by atoms with van der Waals surface area (Å²) in [5.74, 6) is -3.10. The molecular weight excluding hydrogens is 472 g/mol. The highest BCUT2D eigenvalue weighted by Crippen LogP contribution is 2.30. The van der Waals surface area contributed by atoms with Gasteiger partial charge < -0.3 is 19.5 Å². The molecule has 0 saturated carbocycles. The summed E-state index contributed by atoms with van der Waals surface area (Å²) in [5.41, 5.74) is 0.00783. The lowest BCUT2D eigenvalue weighted by Gasteiger charge is -2.16. The molecule has 188 valence electrons. The third kappa shape index (κ3) is 6.24. The van der Waals surface area contributed by atoms with E-state index in [1.165, 1.54) is 25.1 Å². The number of rotatable bonds is 10. The van der Waals surface area contributed by atoms with Gasteiger partial charge in [0.05, 0.1) is 24.5 Å². The number of carbonyl (C=O) groups excluding carboxylic acids is 3. The zero-order chi connectivity index (χ0) is 26.2. The van der Waals surface area contributed by atoms with E-state index in [2.05, 4.69) is 5.32 Å². The third-order valence-corrected chi connectivity index (χ3v) is 5.04. The number of esters is 1. The number of halogens is 2. The molecule has 0 spiro atoms. The Hall–Kier alpha value is -4.27. The van der Waals surface area contributed by atoms with Gasteiger partial charge in [-0.25, -0.2) is 13.6 Å². The molecule has 0 radical (unpaired) electrons. The van der Waals surface area contributed by atoms with Crippen LogP contribution in [-0.2, 0) is 9.53 Å². The van der Waals surface area contributed by atoms with E-state index in [-0.39, 0.29) is 22.4 Å². The first-order chi connectivity index (χ1) is 17.2. The maximum atomic E-state index is 13.8. The largest absolute Gasteiger partial charge is 0.490 e. The Labute approximate surface area is 207 Å². The fourth-order valence-corrected chi connectivity index (χ4v) is 3.31. The van der Waals surface area contributed by atoms with Crippen molar-refractivity contribution < 1.29 is 37.4 Å². The third-order valence-electron chi connectivity index (χ3n) is 5.04. The number of nitrogens with one attached hydrogen (secondary N) is 1. The molecule has 1 atom stereocenters. The molecule has 3 aromatic carbocycles. The highest BCUT2D eigenvalue weighted by molar-refractivity contribution is 6.15. The summed E-state index contributed by atoms with van der Waals surface area (Å²) in [7, 11) is 0. The van der Waals surface area contributed by atoms with Crippen LogP contribution < -0.4 is 14.8 Å². The van der Waals surface area contributed by atoms with Crippen molar-refractivity contribution in [3.05, 3.63) is 89.0 Å². The number of hydrogen-bond donors (Lipinski definition) is 1. The van der Waals surface area contributed by atoms with E-state index >= 15 is 0 Å². The fourth-order valence-electron chi connectivity index (χ4n) is 3.31. The van der Waals surface area contributed by atoms with E-state index in [9.17, 15) is 23.2 Å². The second-order valence-corrected chi connectivity index (χ2v) is 7.56. The van der Waals surface area contributed by atoms with E-state index in [4.69, 9.17) is 14.2 Å². The molecule has 1 unspecified atom stereocenters. The van der Waals surface area contributed by atoms with Crippen LogP contribution in [0.2, 0.25) is 0 Å². The molecule has 0 aliphatic carbocycles. The molecular formula is C27H25F2NO6. The van der Waals surface area contributed by atoms with Gasteiger partial charge in [-0.2, -0.15) is 0 Å². The van der Waals surface area contributed by atoms with Gasteiger partial charge in [-0.3, -0.25) is 9.59 Å². The molecule has 1 N–H and O–H groups in total. The minimum atomic E-state index is -1.33. The summed E-state index contributed by atoms with van der Waals surface area (Å²) in [5, 5.41) is 2.24. The monoisotopic (exact) mass is 497 g/mol. The first kappa shape index (κ1) is 26.3. The van der Waals surface area contributed by atoms with Crippen LogP contribution in [0.1, 0.15) is 47.1 Å². The number of ketones is 1. The van der Waals surface area contributed by atoms with Crippen LogP contribution in [0.15, 0.2) is 60.7 Å². The van der Waals surface area contributed by atoms with E-state index < -0.39 is 35.4 Å². The summed E-state index contributed by atoms with van der Waals surface area (Å²) < 4.78 is 43.2. The molecule has 0 saturated heterocycles. The predicted octanol–water partition coefficient (Wildman–Crippen LogP) is 5.18. The van der Waals surface area contributed by atoms with Gasteiger partial charge >= 0.3 is 5.97 Å². The summed E-state index contributed by atoms with van der Waals surface area (Å²) in [6, 6.07) is 13.4. The number of amides is 1. The lowest BCUT2D eigenvalue weighted by molar-refractivity contribution is -0.123. The zero-order valence-electron chi connectivity index (χ0n) is 20.0. The molecule has 36 heavy (non-hydrogen) atoms. The standard InChI is InChI=1S/C27H25F2NO6/c1-4-34-23-13-10-17(14-24(23)35-5-2)25(31)19-8-6-7-9-20(19)27(33)36-16(3)26(32)30-22-12-11-18(28)15-21(22)29/h6-16H,4-5H2,1-3H3,(H,30,32). The van der Waals surface area contributed by atoms with Gasteiger partial charge in [-0.1, -0.05) is 18.2 Å². The maximum Gasteiger partial charge on any atom is 0.339 e. The normalized spacial score (nSPS) is 11.4. The second kappa shape index (κ2) is 11.9. The average molecular weight is 497 g/mol. The van der Waals surface area contributed by atoms with Crippen LogP contribution in [0.4, 0.5) is 14.5 Å². The number of benzene rings is 3. The molecule has 3 aromatic rings. The smallest absolute Gasteiger partial charge is 0.339 e. The molecule has 0 fully saturated rings. The Kier molecular flexibility index (Phi) is 8.72. The van der Waals surface area contributed by atoms with Crippen molar-refractivity contribution in [2.45, 2.75) is 26.9 Å². The Balaban J connectivity index is 1.79. The average Bonchev–Trinajstić information content (AvgIpc) is 2.86. The van der Waals surface area contributed by atoms with Crippen molar-refractivity contribution in [1.82, 2.24) is 0 Å². The van der Waals surface area contributed by atoms with Crippen molar-refractivity contribution in [3.63, 3.8) is 0 Å². The Bertz CT molecular complexity index is 1280. The van der Waals surface area contributed by atoms with Crippen molar-refractivity contribution >= 4 is 23.3 Å². The van der Waals surface area contributed by atoms with Crippen molar-refractivity contribution in [3.8, 4) is 11.5 Å². The highest BCUT2D eigenvalue weighted by atomic mass is 19.1. The molecule has 0 aromatic heterocycles. The predicted molar refractivity (Wildman–Crippen MR) is 129 cm³/mol. The molecule has 7 nitrogen and oxygen atoms in total. The molecule has 0 aliphatic heterocycles. The molecule has 0 heterocycles. The summed E-state index contributed by atoms with van der Waals surface area (Å²) in [4.78, 5) is 38.5. The maximum absolute atomic E-state index is 13.8. The molecule has 0 bridgehead atoms. The van der Waals surface area contributed by atoms with Crippen LogP contribution in [0.3, 0.4) is 0 Å². The van der Waals surface area contributed by atoms with E-state index in [0.29, 0.717) is 30.8 Å². The Morgan fingerprint density at radius 3 is 2.19 bits per heavy atom. The fraction of sp³-hybridized carbons (Fsp3) is 0.222. The number of ether oxygens (including phenoxy) is 3. The quantitative estimate of drug-likeness (QED) is 0.307. The van der Waals surface area contributed by atoms with Gasteiger partial charge in [0, 0.05) is 17.2 Å². The lowest BCUT2D eigenvalue weighted by atomic mass is 9.98. The van der Waals surface area contributed by atoms with E-state index in [1.54, 1.807) is 31.2 Å². The minimum absolute atomic E-state index is 0.0537. The van der Waals surface area contributed by atoms with Crippen molar-refractivity contribution in [1.29, 1.82) is 0 Å². The van der Waals surface area contributed by atoms with Crippen molar-refractivity contribution in [2.75, 3.05) is 18.5 Å². The van der Waals surface area contributed by atoms with Gasteiger partial charge in [0.1, 0.15) is 11.6 Å².